The lowest BCUT2D eigenvalue weighted by Crippen LogP contribution is -2.50. The Morgan fingerprint density at radius 2 is 1.73 bits per heavy atom. The molecule has 2 saturated heterocycles. The zero-order chi connectivity index (χ0) is 26.6. The van der Waals surface area contributed by atoms with Crippen molar-refractivity contribution < 1.29 is 18.0 Å². The summed E-state index contributed by atoms with van der Waals surface area (Å²) in [6, 6.07) is 14.4. The molecule has 2 aromatic carbocycles. The van der Waals surface area contributed by atoms with Crippen molar-refractivity contribution in [3.05, 3.63) is 64.7 Å². The van der Waals surface area contributed by atoms with Crippen molar-refractivity contribution in [3.63, 3.8) is 0 Å². The van der Waals surface area contributed by atoms with Crippen LogP contribution < -0.4 is 10.6 Å². The van der Waals surface area contributed by atoms with E-state index in [2.05, 4.69) is 16.7 Å². The van der Waals surface area contributed by atoms with Crippen LogP contribution in [0.4, 0.5) is 10.5 Å². The summed E-state index contributed by atoms with van der Waals surface area (Å²) in [5, 5.41) is 14.7. The molecule has 0 aromatic heterocycles. The number of sulfonamides is 1. The number of anilines is 1. The van der Waals surface area contributed by atoms with Gasteiger partial charge in [0.05, 0.1) is 17.9 Å². The average molecular weight is 524 g/mol. The Morgan fingerprint density at radius 1 is 1.03 bits per heavy atom. The number of benzene rings is 2. The van der Waals surface area contributed by atoms with Crippen LogP contribution in [0, 0.1) is 18.3 Å². The molecule has 2 fully saturated rings. The Hall–Kier alpha value is -3.42. The van der Waals surface area contributed by atoms with Crippen LogP contribution in [0.2, 0.25) is 0 Å². The fourth-order valence-electron chi connectivity index (χ4n) is 5.02. The summed E-state index contributed by atoms with van der Waals surface area (Å²) in [7, 11) is -3.30. The van der Waals surface area contributed by atoms with E-state index < -0.39 is 16.1 Å². The van der Waals surface area contributed by atoms with Crippen LogP contribution in [-0.2, 0) is 10.0 Å². The maximum absolute atomic E-state index is 13.2. The van der Waals surface area contributed by atoms with E-state index in [4.69, 9.17) is 5.26 Å². The molecule has 2 N–H and O–H groups in total. The number of carbonyl (C=O) groups excluding carboxylic acids is 2. The van der Waals surface area contributed by atoms with Gasteiger partial charge in [0.2, 0.25) is 10.0 Å². The lowest BCUT2D eigenvalue weighted by atomic mass is 9.89. The number of amides is 3. The third-order valence-electron chi connectivity index (χ3n) is 7.21. The van der Waals surface area contributed by atoms with Gasteiger partial charge in [-0.1, -0.05) is 18.2 Å². The number of nitrogens with zero attached hydrogens (tertiary/aromatic N) is 3. The third-order valence-corrected chi connectivity index (χ3v) is 8.48. The SMILES string of the molecule is Cc1ccc(C(=O)N2CCC(c3ccc(C#N)cc3)CC2)cc1NC(=O)NC1CCCN(S(C)(=O)=O)C1. The number of nitrogens with one attached hydrogen (secondary N) is 2. The summed E-state index contributed by atoms with van der Waals surface area (Å²) in [5.41, 5.74) is 3.72. The van der Waals surface area contributed by atoms with Crippen molar-refractivity contribution in [1.29, 1.82) is 5.26 Å². The average Bonchev–Trinajstić information content (AvgIpc) is 2.89. The minimum atomic E-state index is -3.30. The number of hydrogen-bond acceptors (Lipinski definition) is 5. The van der Waals surface area contributed by atoms with Crippen LogP contribution in [0.3, 0.4) is 0 Å². The van der Waals surface area contributed by atoms with E-state index in [0.29, 0.717) is 55.2 Å². The summed E-state index contributed by atoms with van der Waals surface area (Å²) in [6.07, 6.45) is 4.26. The second kappa shape index (κ2) is 11.3. The van der Waals surface area contributed by atoms with E-state index >= 15 is 0 Å². The fraction of sp³-hybridized carbons (Fsp3) is 0.444. The van der Waals surface area contributed by atoms with Gasteiger partial charge in [0, 0.05) is 43.5 Å². The van der Waals surface area contributed by atoms with E-state index in [-0.39, 0.29) is 18.5 Å². The fourth-order valence-corrected chi connectivity index (χ4v) is 5.93. The predicted octanol–water partition coefficient (Wildman–Crippen LogP) is 3.43. The topological polar surface area (TPSA) is 123 Å². The number of rotatable bonds is 5. The molecule has 196 valence electrons. The summed E-state index contributed by atoms with van der Waals surface area (Å²) in [4.78, 5) is 27.7. The molecule has 2 aliphatic rings. The number of hydrogen-bond donors (Lipinski definition) is 2. The number of likely N-dealkylation sites (tertiary alicyclic amines) is 1. The highest BCUT2D eigenvalue weighted by atomic mass is 32.2. The number of nitriles is 1. The van der Waals surface area contributed by atoms with Crippen molar-refractivity contribution >= 4 is 27.6 Å². The van der Waals surface area contributed by atoms with Gasteiger partial charge in [-0.3, -0.25) is 4.79 Å². The monoisotopic (exact) mass is 523 g/mol. The Bertz CT molecular complexity index is 1300. The third kappa shape index (κ3) is 6.67. The molecule has 0 bridgehead atoms. The Morgan fingerprint density at radius 3 is 2.38 bits per heavy atom. The molecule has 2 aromatic rings. The minimum Gasteiger partial charge on any atom is -0.339 e. The number of urea groups is 1. The van der Waals surface area contributed by atoms with Crippen LogP contribution in [-0.4, -0.2) is 68.0 Å². The second-order valence-corrected chi connectivity index (χ2v) is 11.9. The smallest absolute Gasteiger partial charge is 0.319 e. The molecule has 3 amide bonds. The first-order chi connectivity index (χ1) is 17.6. The normalized spacial score (nSPS) is 19.2. The summed E-state index contributed by atoms with van der Waals surface area (Å²) in [6.45, 7) is 3.85. The molecule has 0 saturated carbocycles. The number of piperidine rings is 2. The highest BCUT2D eigenvalue weighted by Gasteiger charge is 2.28. The van der Waals surface area contributed by atoms with E-state index in [9.17, 15) is 18.0 Å². The van der Waals surface area contributed by atoms with Gasteiger partial charge in [0.1, 0.15) is 0 Å². The lowest BCUT2D eigenvalue weighted by Gasteiger charge is -2.32. The van der Waals surface area contributed by atoms with Gasteiger partial charge in [-0.15, -0.1) is 0 Å². The van der Waals surface area contributed by atoms with Gasteiger partial charge in [-0.25, -0.2) is 17.5 Å². The largest absolute Gasteiger partial charge is 0.339 e. The molecular formula is C27H33N5O4S. The Balaban J connectivity index is 1.34. The van der Waals surface area contributed by atoms with Crippen LogP contribution >= 0.6 is 0 Å². The molecule has 9 nitrogen and oxygen atoms in total. The highest BCUT2D eigenvalue weighted by Crippen LogP contribution is 2.29. The lowest BCUT2D eigenvalue weighted by molar-refractivity contribution is 0.0713. The van der Waals surface area contributed by atoms with Crippen LogP contribution in [0.5, 0.6) is 0 Å². The van der Waals surface area contributed by atoms with E-state index in [1.54, 1.807) is 12.1 Å². The van der Waals surface area contributed by atoms with Gasteiger partial charge in [0.15, 0.2) is 0 Å². The first-order valence-corrected chi connectivity index (χ1v) is 14.4. The summed E-state index contributed by atoms with van der Waals surface area (Å²) >= 11 is 0. The molecule has 10 heteroatoms. The van der Waals surface area contributed by atoms with E-state index in [1.807, 2.05) is 42.2 Å². The molecular weight excluding hydrogens is 490 g/mol. The maximum Gasteiger partial charge on any atom is 0.319 e. The molecule has 4 rings (SSSR count). The van der Waals surface area contributed by atoms with Crippen molar-refractivity contribution in [1.82, 2.24) is 14.5 Å². The number of aryl methyl sites for hydroxylation is 1. The van der Waals surface area contributed by atoms with Gasteiger partial charge >= 0.3 is 6.03 Å². The van der Waals surface area contributed by atoms with Gasteiger partial charge in [-0.2, -0.15) is 5.26 Å². The first-order valence-electron chi connectivity index (χ1n) is 12.6. The molecule has 1 unspecified atom stereocenters. The van der Waals surface area contributed by atoms with Crippen molar-refractivity contribution in [2.75, 3.05) is 37.8 Å². The summed E-state index contributed by atoms with van der Waals surface area (Å²) in [5.74, 6) is 0.284. The Kier molecular flexibility index (Phi) is 8.15. The van der Waals surface area contributed by atoms with Crippen LogP contribution in [0.25, 0.3) is 0 Å². The molecule has 1 atom stereocenters. The van der Waals surface area contributed by atoms with Gasteiger partial charge in [0.25, 0.3) is 5.91 Å². The summed E-state index contributed by atoms with van der Waals surface area (Å²) < 4.78 is 25.1. The molecule has 37 heavy (non-hydrogen) atoms. The van der Waals surface area contributed by atoms with Crippen LogP contribution in [0.1, 0.15) is 58.6 Å². The van der Waals surface area contributed by atoms with Crippen molar-refractivity contribution in [3.8, 4) is 6.07 Å². The molecule has 0 aliphatic carbocycles. The van der Waals surface area contributed by atoms with Crippen LogP contribution in [0.15, 0.2) is 42.5 Å². The van der Waals surface area contributed by atoms with Gasteiger partial charge < -0.3 is 15.5 Å². The van der Waals surface area contributed by atoms with E-state index in [1.165, 1.54) is 16.1 Å². The number of carbonyl (C=O) groups is 2. The predicted molar refractivity (Wildman–Crippen MR) is 142 cm³/mol. The van der Waals surface area contributed by atoms with Crippen molar-refractivity contribution in [2.24, 2.45) is 0 Å². The minimum absolute atomic E-state index is 0.0715. The molecule has 0 radical (unpaired) electrons. The zero-order valence-electron chi connectivity index (χ0n) is 21.2. The Labute approximate surface area is 218 Å². The van der Waals surface area contributed by atoms with E-state index in [0.717, 1.165) is 18.4 Å². The standard InChI is InChI=1S/C27H33N5O4S/c1-19-5-8-23(16-25(19)30-27(34)29-24-4-3-13-32(18-24)37(2,35)36)26(33)31-14-11-22(12-15-31)21-9-6-20(17-28)7-10-21/h5-10,16,22,24H,3-4,11-15,18H2,1-2H3,(H2,29,30,34). The molecule has 2 aliphatic heterocycles. The van der Waals surface area contributed by atoms with Crippen molar-refractivity contribution in [2.45, 2.75) is 44.6 Å². The highest BCUT2D eigenvalue weighted by molar-refractivity contribution is 7.88. The maximum atomic E-state index is 13.2. The second-order valence-electron chi connectivity index (χ2n) is 9.89. The quantitative estimate of drug-likeness (QED) is 0.622. The first kappa shape index (κ1) is 26.6. The van der Waals surface area contributed by atoms with Gasteiger partial charge in [-0.05, 0) is 73.9 Å². The molecule has 2 heterocycles. The molecule has 0 spiro atoms. The zero-order valence-corrected chi connectivity index (χ0v) is 22.1.